The largest absolute Gasteiger partial charge is 0.332 e. The minimum Gasteiger partial charge on any atom is -0.314 e. The molecule has 0 atom stereocenters. The fourth-order valence-electron chi connectivity index (χ4n) is 3.13. The first-order chi connectivity index (χ1) is 14.1. The van der Waals surface area contributed by atoms with Gasteiger partial charge in [-0.25, -0.2) is 9.78 Å². The number of fused-ring (bicyclic) bond motifs is 1. The van der Waals surface area contributed by atoms with E-state index in [0.717, 1.165) is 15.1 Å². The standard InChI is InChI=1S/C21H18N4O3S/c1-23(15-7-3-2-4-8-15)18(26)14-24-17-10-5-11-22-19(17)20(27)25(21(24)28)13-16-9-6-12-29-16/h2-12H,13-14H2,1H3. The molecular weight excluding hydrogens is 388 g/mol. The predicted octanol–water partition coefficient (Wildman–Crippen LogP) is 2.33. The topological polar surface area (TPSA) is 77.2 Å². The Hall–Kier alpha value is -3.52. The van der Waals surface area contributed by atoms with Gasteiger partial charge in [0, 0.05) is 23.8 Å². The van der Waals surface area contributed by atoms with Crippen LogP contribution in [0.25, 0.3) is 11.0 Å². The van der Waals surface area contributed by atoms with Gasteiger partial charge in [-0.1, -0.05) is 24.3 Å². The highest BCUT2D eigenvalue weighted by Crippen LogP contribution is 2.13. The summed E-state index contributed by atoms with van der Waals surface area (Å²) in [5.41, 5.74) is 0.247. The summed E-state index contributed by atoms with van der Waals surface area (Å²) in [5.74, 6) is -0.273. The first-order valence-electron chi connectivity index (χ1n) is 8.98. The fourth-order valence-corrected chi connectivity index (χ4v) is 3.82. The zero-order valence-electron chi connectivity index (χ0n) is 15.7. The van der Waals surface area contributed by atoms with Crippen molar-refractivity contribution in [3.05, 3.63) is 91.9 Å². The van der Waals surface area contributed by atoms with Gasteiger partial charge in [0.15, 0.2) is 5.52 Å². The highest BCUT2D eigenvalue weighted by atomic mass is 32.1. The van der Waals surface area contributed by atoms with Crippen molar-refractivity contribution in [2.45, 2.75) is 13.1 Å². The van der Waals surface area contributed by atoms with Crippen LogP contribution in [0.1, 0.15) is 4.88 Å². The summed E-state index contributed by atoms with van der Waals surface area (Å²) in [6, 6.07) is 16.2. The molecule has 4 aromatic rings. The lowest BCUT2D eigenvalue weighted by Crippen LogP contribution is -2.43. The number of para-hydroxylation sites is 1. The van der Waals surface area contributed by atoms with Gasteiger partial charge in [-0.3, -0.25) is 18.7 Å². The van der Waals surface area contributed by atoms with Crippen LogP contribution in [0, 0.1) is 0 Å². The van der Waals surface area contributed by atoms with Crippen LogP contribution in [0.4, 0.5) is 5.69 Å². The third kappa shape index (κ3) is 3.62. The predicted molar refractivity (Wildman–Crippen MR) is 114 cm³/mol. The van der Waals surface area contributed by atoms with Gasteiger partial charge >= 0.3 is 5.69 Å². The summed E-state index contributed by atoms with van der Waals surface area (Å²) in [6.07, 6.45) is 1.51. The lowest BCUT2D eigenvalue weighted by molar-refractivity contribution is -0.118. The van der Waals surface area contributed by atoms with E-state index in [4.69, 9.17) is 0 Å². The molecule has 7 nitrogen and oxygen atoms in total. The van der Waals surface area contributed by atoms with E-state index in [-0.39, 0.29) is 24.5 Å². The molecule has 1 amide bonds. The van der Waals surface area contributed by atoms with Gasteiger partial charge in [-0.05, 0) is 35.7 Å². The van der Waals surface area contributed by atoms with E-state index >= 15 is 0 Å². The molecule has 0 aliphatic rings. The molecule has 3 aromatic heterocycles. The van der Waals surface area contributed by atoms with Crippen LogP contribution in [-0.2, 0) is 17.9 Å². The van der Waals surface area contributed by atoms with E-state index in [0.29, 0.717) is 5.52 Å². The van der Waals surface area contributed by atoms with Crippen molar-refractivity contribution in [1.82, 2.24) is 14.1 Å². The maximum atomic E-state index is 13.2. The summed E-state index contributed by atoms with van der Waals surface area (Å²) in [4.78, 5) is 45.4. The molecule has 1 aromatic carbocycles. The normalized spacial score (nSPS) is 10.9. The number of anilines is 1. The van der Waals surface area contributed by atoms with E-state index in [1.165, 1.54) is 27.0 Å². The zero-order valence-corrected chi connectivity index (χ0v) is 16.5. The van der Waals surface area contributed by atoms with Gasteiger partial charge in [0.2, 0.25) is 5.91 Å². The number of aromatic nitrogens is 3. The van der Waals surface area contributed by atoms with Crippen LogP contribution >= 0.6 is 11.3 Å². The van der Waals surface area contributed by atoms with Crippen molar-refractivity contribution < 1.29 is 4.79 Å². The molecule has 0 fully saturated rings. The molecule has 0 unspecified atom stereocenters. The third-order valence-electron chi connectivity index (χ3n) is 4.69. The molecule has 0 radical (unpaired) electrons. The van der Waals surface area contributed by atoms with Gasteiger partial charge in [0.05, 0.1) is 12.1 Å². The summed E-state index contributed by atoms with van der Waals surface area (Å²) in [7, 11) is 1.66. The first-order valence-corrected chi connectivity index (χ1v) is 9.86. The van der Waals surface area contributed by atoms with E-state index in [1.807, 2.05) is 47.8 Å². The quantitative estimate of drug-likeness (QED) is 0.510. The number of benzene rings is 1. The highest BCUT2D eigenvalue weighted by Gasteiger charge is 2.19. The Balaban J connectivity index is 1.80. The zero-order chi connectivity index (χ0) is 20.4. The van der Waals surface area contributed by atoms with Crippen LogP contribution in [0.15, 0.2) is 75.8 Å². The second-order valence-electron chi connectivity index (χ2n) is 6.50. The Labute approximate surface area is 170 Å². The second-order valence-corrected chi connectivity index (χ2v) is 7.53. The average molecular weight is 406 g/mol. The number of hydrogen-bond donors (Lipinski definition) is 0. The van der Waals surface area contributed by atoms with Crippen molar-refractivity contribution >= 4 is 34.0 Å². The molecule has 3 heterocycles. The number of carbonyl (C=O) groups is 1. The number of likely N-dealkylation sites (N-methyl/N-ethyl adjacent to an activating group) is 1. The van der Waals surface area contributed by atoms with E-state index in [1.54, 1.807) is 19.2 Å². The molecule has 29 heavy (non-hydrogen) atoms. The summed E-state index contributed by atoms with van der Waals surface area (Å²) in [6.45, 7) is -0.0539. The molecule has 0 saturated carbocycles. The summed E-state index contributed by atoms with van der Waals surface area (Å²) in [5, 5.41) is 1.89. The molecule has 0 spiro atoms. The molecule has 4 rings (SSSR count). The molecule has 0 aliphatic heterocycles. The van der Waals surface area contributed by atoms with E-state index in [9.17, 15) is 14.4 Å². The van der Waals surface area contributed by atoms with E-state index in [2.05, 4.69) is 4.98 Å². The van der Waals surface area contributed by atoms with Crippen LogP contribution < -0.4 is 16.1 Å². The van der Waals surface area contributed by atoms with Crippen molar-refractivity contribution in [2.75, 3.05) is 11.9 Å². The van der Waals surface area contributed by atoms with E-state index < -0.39 is 11.2 Å². The van der Waals surface area contributed by atoms with Gasteiger partial charge in [0.25, 0.3) is 5.56 Å². The number of nitrogens with zero attached hydrogens (tertiary/aromatic N) is 4. The number of rotatable bonds is 5. The lowest BCUT2D eigenvalue weighted by Gasteiger charge is -2.19. The second kappa shape index (κ2) is 7.84. The monoisotopic (exact) mass is 406 g/mol. The molecule has 0 bridgehead atoms. The lowest BCUT2D eigenvalue weighted by atomic mass is 10.3. The SMILES string of the molecule is CN(C(=O)Cn1c(=O)n(Cc2cccs2)c(=O)c2ncccc21)c1ccccc1. The molecule has 0 saturated heterocycles. The number of hydrogen-bond acceptors (Lipinski definition) is 5. The van der Waals surface area contributed by atoms with Crippen molar-refractivity contribution in [3.8, 4) is 0 Å². The molecule has 0 N–H and O–H groups in total. The number of thiophene rings is 1. The van der Waals surface area contributed by atoms with Crippen LogP contribution in [-0.4, -0.2) is 27.1 Å². The summed E-state index contributed by atoms with van der Waals surface area (Å²) >= 11 is 1.46. The average Bonchev–Trinajstić information content (AvgIpc) is 3.27. The molecule has 0 aliphatic carbocycles. The maximum absolute atomic E-state index is 13.2. The highest BCUT2D eigenvalue weighted by molar-refractivity contribution is 7.09. The Morgan fingerprint density at radius 3 is 2.55 bits per heavy atom. The fraction of sp³-hybridized carbons (Fsp3) is 0.143. The Morgan fingerprint density at radius 2 is 1.83 bits per heavy atom. The van der Waals surface area contributed by atoms with Gasteiger partial charge in [0.1, 0.15) is 6.54 Å². The van der Waals surface area contributed by atoms with Gasteiger partial charge in [-0.15, -0.1) is 11.3 Å². The Bertz CT molecular complexity index is 1280. The smallest absolute Gasteiger partial charge is 0.314 e. The van der Waals surface area contributed by atoms with Crippen LogP contribution in [0.3, 0.4) is 0 Å². The van der Waals surface area contributed by atoms with Crippen molar-refractivity contribution in [1.29, 1.82) is 0 Å². The van der Waals surface area contributed by atoms with Gasteiger partial charge < -0.3 is 4.90 Å². The van der Waals surface area contributed by atoms with Gasteiger partial charge in [-0.2, -0.15) is 0 Å². The number of amides is 1. The minimum atomic E-state index is -0.529. The third-order valence-corrected chi connectivity index (χ3v) is 5.55. The molecule has 146 valence electrons. The Kier molecular flexibility index (Phi) is 5.09. The summed E-state index contributed by atoms with van der Waals surface area (Å²) < 4.78 is 2.45. The van der Waals surface area contributed by atoms with Crippen LogP contribution in [0.2, 0.25) is 0 Å². The maximum Gasteiger partial charge on any atom is 0.332 e. The Morgan fingerprint density at radius 1 is 1.03 bits per heavy atom. The number of pyridine rings is 1. The number of carbonyl (C=O) groups excluding carboxylic acids is 1. The van der Waals surface area contributed by atoms with Crippen LogP contribution in [0.5, 0.6) is 0 Å². The first kappa shape index (κ1) is 18.8. The molecular formula is C21H18N4O3S. The van der Waals surface area contributed by atoms with Crippen molar-refractivity contribution in [3.63, 3.8) is 0 Å². The minimum absolute atomic E-state index is 0.143. The molecule has 8 heteroatoms. The van der Waals surface area contributed by atoms with Crippen molar-refractivity contribution in [2.24, 2.45) is 0 Å².